The summed E-state index contributed by atoms with van der Waals surface area (Å²) >= 11 is 0. The number of urea groups is 1. The van der Waals surface area contributed by atoms with Crippen molar-refractivity contribution >= 4 is 28.2 Å². The molecule has 1 unspecified atom stereocenters. The number of nitrogens with one attached hydrogen (secondary N) is 1. The van der Waals surface area contributed by atoms with Crippen LogP contribution in [0.1, 0.15) is 25.8 Å². The van der Waals surface area contributed by atoms with E-state index in [1.54, 1.807) is 11.1 Å². The summed E-state index contributed by atoms with van der Waals surface area (Å²) in [6, 6.07) is 1.78. The SMILES string of the molecule is Cc1cc(NC(=O)N2CCS(=O)C(C)(C)CC2)cn2ccnc12. The van der Waals surface area contributed by atoms with Crippen LogP contribution in [0.3, 0.4) is 0 Å². The Labute approximate surface area is 138 Å². The molecule has 1 N–H and O–H groups in total. The number of carbonyl (C=O) groups excluding carboxylic acids is 1. The highest BCUT2D eigenvalue weighted by Crippen LogP contribution is 2.22. The molecular weight excluding hydrogens is 312 g/mol. The van der Waals surface area contributed by atoms with Crippen molar-refractivity contribution in [3.05, 3.63) is 30.2 Å². The fourth-order valence-corrected chi connectivity index (χ4v) is 4.04. The van der Waals surface area contributed by atoms with Crippen molar-refractivity contribution in [3.63, 3.8) is 0 Å². The fourth-order valence-electron chi connectivity index (χ4n) is 2.78. The first kappa shape index (κ1) is 16.0. The summed E-state index contributed by atoms with van der Waals surface area (Å²) in [6.07, 6.45) is 6.19. The molecule has 1 atom stereocenters. The summed E-state index contributed by atoms with van der Waals surface area (Å²) in [5, 5.41) is 2.94. The molecule has 0 aromatic carbocycles. The van der Waals surface area contributed by atoms with Gasteiger partial charge in [0.1, 0.15) is 5.65 Å². The van der Waals surface area contributed by atoms with E-state index in [-0.39, 0.29) is 10.8 Å². The van der Waals surface area contributed by atoms with Crippen molar-refractivity contribution < 1.29 is 9.00 Å². The zero-order valence-corrected chi connectivity index (χ0v) is 14.5. The van der Waals surface area contributed by atoms with Crippen LogP contribution in [0.4, 0.5) is 10.5 Å². The summed E-state index contributed by atoms with van der Waals surface area (Å²) in [5.41, 5.74) is 2.63. The number of fused-ring (bicyclic) bond motifs is 1. The highest BCUT2D eigenvalue weighted by molar-refractivity contribution is 7.86. The standard InChI is InChI=1S/C16H22N4O2S/c1-12-10-13(11-20-7-5-17-14(12)20)18-15(21)19-6-4-16(2,3)23(22)9-8-19/h5,7,10-11H,4,6,8-9H2,1-3H3,(H,18,21). The van der Waals surface area contributed by atoms with E-state index in [0.29, 0.717) is 18.8 Å². The van der Waals surface area contributed by atoms with Gasteiger partial charge in [-0.2, -0.15) is 0 Å². The van der Waals surface area contributed by atoms with Crippen molar-refractivity contribution in [2.45, 2.75) is 31.9 Å². The number of anilines is 1. The first-order chi connectivity index (χ1) is 10.9. The molecule has 1 aliphatic heterocycles. The third-order valence-corrected chi connectivity index (χ3v) is 6.35. The number of rotatable bonds is 1. The number of imidazole rings is 1. The van der Waals surface area contributed by atoms with Crippen LogP contribution in [-0.4, -0.2) is 48.1 Å². The Balaban J connectivity index is 1.74. The van der Waals surface area contributed by atoms with Crippen LogP contribution in [-0.2, 0) is 10.8 Å². The largest absolute Gasteiger partial charge is 0.324 e. The minimum absolute atomic E-state index is 0.140. The number of aryl methyl sites for hydroxylation is 1. The Bertz CT molecular complexity index is 769. The van der Waals surface area contributed by atoms with Crippen LogP contribution in [0.2, 0.25) is 0 Å². The average Bonchev–Trinajstić information content (AvgIpc) is 2.90. The van der Waals surface area contributed by atoms with Gasteiger partial charge in [0.15, 0.2) is 0 Å². The predicted octanol–water partition coefficient (Wildman–Crippen LogP) is 2.41. The summed E-state index contributed by atoms with van der Waals surface area (Å²) in [6.45, 7) is 7.11. The fraction of sp³-hybridized carbons (Fsp3) is 0.500. The maximum atomic E-state index is 12.5. The first-order valence-corrected chi connectivity index (χ1v) is 9.06. The van der Waals surface area contributed by atoms with Gasteiger partial charge in [0.05, 0.1) is 5.69 Å². The van der Waals surface area contributed by atoms with E-state index in [9.17, 15) is 9.00 Å². The zero-order chi connectivity index (χ0) is 16.6. The lowest BCUT2D eigenvalue weighted by atomic mass is 10.1. The molecule has 7 heteroatoms. The molecule has 3 heterocycles. The molecule has 0 spiro atoms. The van der Waals surface area contributed by atoms with E-state index in [0.717, 1.165) is 23.3 Å². The molecule has 0 saturated carbocycles. The average molecular weight is 334 g/mol. The molecule has 3 rings (SSSR count). The van der Waals surface area contributed by atoms with E-state index in [4.69, 9.17) is 0 Å². The van der Waals surface area contributed by atoms with Crippen molar-refractivity contribution in [3.8, 4) is 0 Å². The van der Waals surface area contributed by atoms with Gasteiger partial charge in [-0.3, -0.25) is 4.21 Å². The molecule has 1 aliphatic rings. The van der Waals surface area contributed by atoms with Crippen LogP contribution in [0.25, 0.3) is 5.65 Å². The van der Waals surface area contributed by atoms with Crippen LogP contribution < -0.4 is 5.32 Å². The normalized spacial score (nSPS) is 21.2. The smallest absolute Gasteiger partial charge is 0.321 e. The van der Waals surface area contributed by atoms with Gasteiger partial charge in [0, 0.05) is 53.0 Å². The Morgan fingerprint density at radius 3 is 2.96 bits per heavy atom. The van der Waals surface area contributed by atoms with Gasteiger partial charge < -0.3 is 14.6 Å². The van der Waals surface area contributed by atoms with Gasteiger partial charge in [0.25, 0.3) is 0 Å². The quantitative estimate of drug-likeness (QED) is 0.871. The number of hydrogen-bond acceptors (Lipinski definition) is 3. The second-order valence-electron chi connectivity index (χ2n) is 6.55. The lowest BCUT2D eigenvalue weighted by molar-refractivity contribution is 0.214. The Morgan fingerprint density at radius 2 is 2.17 bits per heavy atom. The van der Waals surface area contributed by atoms with Crippen LogP contribution in [0.15, 0.2) is 24.7 Å². The number of pyridine rings is 1. The van der Waals surface area contributed by atoms with Crippen LogP contribution in [0.5, 0.6) is 0 Å². The second kappa shape index (κ2) is 5.96. The van der Waals surface area contributed by atoms with Crippen molar-refractivity contribution in [2.24, 2.45) is 0 Å². The lowest BCUT2D eigenvalue weighted by Crippen LogP contribution is -2.37. The summed E-state index contributed by atoms with van der Waals surface area (Å²) in [5.74, 6) is 0.528. The van der Waals surface area contributed by atoms with Gasteiger partial charge >= 0.3 is 6.03 Å². The molecular formula is C16H22N4O2S. The third-order valence-electron chi connectivity index (χ3n) is 4.36. The predicted molar refractivity (Wildman–Crippen MR) is 92.2 cm³/mol. The van der Waals surface area contributed by atoms with Crippen molar-refractivity contribution in [2.75, 3.05) is 24.2 Å². The van der Waals surface area contributed by atoms with E-state index in [1.165, 1.54) is 0 Å². The van der Waals surface area contributed by atoms with E-state index < -0.39 is 10.8 Å². The minimum atomic E-state index is -0.903. The summed E-state index contributed by atoms with van der Waals surface area (Å²) in [4.78, 5) is 18.5. The number of carbonyl (C=O) groups is 1. The Hall–Kier alpha value is -1.89. The summed E-state index contributed by atoms with van der Waals surface area (Å²) in [7, 11) is -0.903. The number of aromatic nitrogens is 2. The van der Waals surface area contributed by atoms with E-state index in [2.05, 4.69) is 10.3 Å². The second-order valence-corrected chi connectivity index (χ2v) is 8.75. The highest BCUT2D eigenvalue weighted by Gasteiger charge is 2.31. The molecule has 1 fully saturated rings. The molecule has 2 aromatic rings. The highest BCUT2D eigenvalue weighted by atomic mass is 32.2. The molecule has 23 heavy (non-hydrogen) atoms. The van der Waals surface area contributed by atoms with E-state index in [1.807, 2.05) is 43.6 Å². The molecule has 2 amide bonds. The Morgan fingerprint density at radius 1 is 1.39 bits per heavy atom. The number of nitrogens with zero attached hydrogens (tertiary/aromatic N) is 3. The van der Waals surface area contributed by atoms with Gasteiger partial charge in [-0.05, 0) is 38.8 Å². The molecule has 6 nitrogen and oxygen atoms in total. The maximum absolute atomic E-state index is 12.5. The van der Waals surface area contributed by atoms with Gasteiger partial charge in [-0.1, -0.05) is 0 Å². The Kier molecular flexibility index (Phi) is 4.14. The van der Waals surface area contributed by atoms with E-state index >= 15 is 0 Å². The topological polar surface area (TPSA) is 66.7 Å². The molecule has 124 valence electrons. The molecule has 0 aliphatic carbocycles. The van der Waals surface area contributed by atoms with Crippen molar-refractivity contribution in [1.82, 2.24) is 14.3 Å². The molecule has 0 bridgehead atoms. The zero-order valence-electron chi connectivity index (χ0n) is 13.7. The van der Waals surface area contributed by atoms with Crippen LogP contribution >= 0.6 is 0 Å². The lowest BCUT2D eigenvalue weighted by Gasteiger charge is -2.22. The molecule has 1 saturated heterocycles. The first-order valence-electron chi connectivity index (χ1n) is 7.74. The molecule has 2 aromatic heterocycles. The minimum Gasteiger partial charge on any atom is -0.324 e. The summed E-state index contributed by atoms with van der Waals surface area (Å²) < 4.78 is 13.8. The monoisotopic (exact) mass is 334 g/mol. The maximum Gasteiger partial charge on any atom is 0.321 e. The van der Waals surface area contributed by atoms with Gasteiger partial charge in [-0.15, -0.1) is 0 Å². The van der Waals surface area contributed by atoms with Crippen LogP contribution in [0, 0.1) is 6.92 Å². The van der Waals surface area contributed by atoms with Crippen molar-refractivity contribution in [1.29, 1.82) is 0 Å². The van der Waals surface area contributed by atoms with Gasteiger partial charge in [-0.25, -0.2) is 9.78 Å². The number of hydrogen-bond donors (Lipinski definition) is 1. The number of amides is 2. The molecule has 0 radical (unpaired) electrons. The third kappa shape index (κ3) is 3.24. The van der Waals surface area contributed by atoms with Gasteiger partial charge in [0.2, 0.25) is 0 Å².